The average Bonchev–Trinajstić information content (AvgIpc) is 3.40. The quantitative estimate of drug-likeness (QED) is 0.441. The van der Waals surface area contributed by atoms with Gasteiger partial charge in [-0.25, -0.2) is 17.5 Å². The first kappa shape index (κ1) is 26.7. The Bertz CT molecular complexity index is 1080. The molecule has 0 aromatic carbocycles. The molecule has 1 saturated heterocycles. The van der Waals surface area contributed by atoms with Crippen LogP contribution in [-0.4, -0.2) is 57.1 Å². The second-order valence-corrected chi connectivity index (χ2v) is 13.6. The molecular weight excluding hydrogens is 472 g/mol. The molecule has 1 aliphatic carbocycles. The highest BCUT2D eigenvalue weighted by Crippen LogP contribution is 2.38. The lowest BCUT2D eigenvalue weighted by Gasteiger charge is -2.34. The molecule has 34 heavy (non-hydrogen) atoms. The zero-order chi connectivity index (χ0) is 25.3. The number of carbonyl (C=O) groups is 2. The molecule has 0 unspecified atom stereocenters. The van der Waals surface area contributed by atoms with Crippen molar-refractivity contribution >= 4 is 38.9 Å². The summed E-state index contributed by atoms with van der Waals surface area (Å²) in [6.07, 6.45) is 5.28. The Morgan fingerprint density at radius 2 is 1.82 bits per heavy atom. The first-order chi connectivity index (χ1) is 15.8. The molecule has 0 spiro atoms. The highest BCUT2D eigenvalue weighted by molar-refractivity contribution is 7.88. The smallest absolute Gasteiger partial charge is 0.350 e. The van der Waals surface area contributed by atoms with E-state index in [4.69, 9.17) is 4.74 Å². The Morgan fingerprint density at radius 1 is 1.18 bits per heavy atom. The fraction of sp³-hybridized carbons (Fsp3) is 0.680. The summed E-state index contributed by atoms with van der Waals surface area (Å²) in [5.74, 6) is 6.23. The number of ether oxygens (including phenoxy) is 1. The van der Waals surface area contributed by atoms with Gasteiger partial charge in [0.05, 0.1) is 30.0 Å². The number of nitrogens with zero attached hydrogens (tertiary/aromatic N) is 2. The lowest BCUT2D eigenvalue weighted by molar-refractivity contribution is -0.124. The number of thiophene rings is 1. The molecule has 2 fully saturated rings. The third kappa shape index (κ3) is 6.41. The van der Waals surface area contributed by atoms with Crippen LogP contribution in [0, 0.1) is 29.1 Å². The predicted octanol–water partition coefficient (Wildman–Crippen LogP) is 4.13. The van der Waals surface area contributed by atoms with Gasteiger partial charge in [-0.05, 0) is 64.9 Å². The van der Waals surface area contributed by atoms with Crippen LogP contribution in [0.25, 0.3) is 0 Å². The third-order valence-corrected chi connectivity index (χ3v) is 8.76. The highest BCUT2D eigenvalue weighted by atomic mass is 32.2. The van der Waals surface area contributed by atoms with Gasteiger partial charge in [0, 0.05) is 24.4 Å². The molecule has 1 atom stereocenters. The highest BCUT2D eigenvalue weighted by Gasteiger charge is 2.40. The minimum Gasteiger partial charge on any atom is -0.465 e. The van der Waals surface area contributed by atoms with E-state index in [0.29, 0.717) is 34.3 Å². The van der Waals surface area contributed by atoms with Gasteiger partial charge >= 0.3 is 5.97 Å². The molecule has 1 saturated carbocycles. The summed E-state index contributed by atoms with van der Waals surface area (Å²) >= 11 is 1.22. The van der Waals surface area contributed by atoms with Gasteiger partial charge in [0.15, 0.2) is 0 Å². The van der Waals surface area contributed by atoms with Crippen LogP contribution in [0.15, 0.2) is 6.07 Å². The minimum atomic E-state index is -3.38. The summed E-state index contributed by atoms with van der Waals surface area (Å²) in [5, 5.41) is 0. The van der Waals surface area contributed by atoms with E-state index in [-0.39, 0.29) is 29.8 Å². The number of esters is 1. The van der Waals surface area contributed by atoms with Crippen LogP contribution < -0.4 is 4.90 Å². The van der Waals surface area contributed by atoms with Crippen molar-refractivity contribution in [1.82, 2.24) is 4.31 Å². The maximum absolute atomic E-state index is 13.9. The molecule has 1 aromatic heterocycles. The summed E-state index contributed by atoms with van der Waals surface area (Å²) in [6.45, 7) is 8.79. The number of anilines is 1. The van der Waals surface area contributed by atoms with Gasteiger partial charge in [-0.3, -0.25) is 4.79 Å². The monoisotopic (exact) mass is 508 g/mol. The Morgan fingerprint density at radius 3 is 2.35 bits per heavy atom. The molecule has 1 amide bonds. The lowest BCUT2D eigenvalue weighted by atomic mass is 9.82. The predicted molar refractivity (Wildman–Crippen MR) is 135 cm³/mol. The lowest BCUT2D eigenvalue weighted by Crippen LogP contribution is -2.46. The number of hydrogen-bond donors (Lipinski definition) is 0. The largest absolute Gasteiger partial charge is 0.465 e. The summed E-state index contributed by atoms with van der Waals surface area (Å²) < 4.78 is 30.8. The van der Waals surface area contributed by atoms with E-state index in [1.165, 1.54) is 29.0 Å². The van der Waals surface area contributed by atoms with Gasteiger partial charge in [-0.1, -0.05) is 18.8 Å². The van der Waals surface area contributed by atoms with E-state index in [1.54, 1.807) is 11.0 Å². The summed E-state index contributed by atoms with van der Waals surface area (Å²) in [6, 6.07) is 1.45. The van der Waals surface area contributed by atoms with Crippen molar-refractivity contribution in [2.45, 2.75) is 65.8 Å². The van der Waals surface area contributed by atoms with Crippen molar-refractivity contribution in [1.29, 1.82) is 0 Å². The van der Waals surface area contributed by atoms with E-state index in [9.17, 15) is 18.0 Å². The zero-order valence-electron chi connectivity index (χ0n) is 21.0. The molecule has 7 nitrogen and oxygen atoms in total. The molecule has 2 heterocycles. The Balaban J connectivity index is 2.06. The van der Waals surface area contributed by atoms with Crippen molar-refractivity contribution < 1.29 is 22.7 Å². The normalized spacial score (nSPS) is 23.8. The van der Waals surface area contributed by atoms with Crippen molar-refractivity contribution in [2.24, 2.45) is 17.3 Å². The van der Waals surface area contributed by atoms with Gasteiger partial charge in [-0.15, -0.1) is 11.3 Å². The number of carbonyl (C=O) groups excluding carboxylic acids is 2. The Labute approximate surface area is 207 Å². The average molecular weight is 509 g/mol. The second-order valence-electron chi connectivity index (χ2n) is 10.5. The van der Waals surface area contributed by atoms with Gasteiger partial charge in [0.25, 0.3) is 0 Å². The van der Waals surface area contributed by atoms with E-state index >= 15 is 0 Å². The van der Waals surface area contributed by atoms with E-state index in [0.717, 1.165) is 25.7 Å². The summed E-state index contributed by atoms with van der Waals surface area (Å²) in [5.41, 5.74) is 0.268. The van der Waals surface area contributed by atoms with E-state index in [1.807, 2.05) is 20.8 Å². The summed E-state index contributed by atoms with van der Waals surface area (Å²) in [7, 11) is -2.05. The van der Waals surface area contributed by atoms with Crippen molar-refractivity contribution in [2.75, 3.05) is 31.4 Å². The fourth-order valence-corrected chi connectivity index (χ4v) is 6.33. The van der Waals surface area contributed by atoms with Gasteiger partial charge in [0.1, 0.15) is 4.88 Å². The number of sulfonamides is 1. The van der Waals surface area contributed by atoms with Crippen molar-refractivity contribution in [3.63, 3.8) is 0 Å². The van der Waals surface area contributed by atoms with Crippen LogP contribution >= 0.6 is 11.3 Å². The molecule has 2 aliphatic rings. The summed E-state index contributed by atoms with van der Waals surface area (Å²) in [4.78, 5) is 29.3. The Hall–Kier alpha value is -1.89. The molecule has 3 rings (SSSR count). The SMILES string of the molecule is COC(=O)c1sc(C#CC(C)(C)C)cc1N(C(=O)[C@H]1CC[C@H](C)CC1)[C@H]1CCN(S(C)(=O)=O)C1. The standard InChI is InChI=1S/C25H36N2O5S2/c1-17-7-9-18(10-8-17)23(28)27(19-12-14-26(16-19)34(6,30)31)21-15-20(11-13-25(2,3)4)33-22(21)24(29)32-5/h15,17-19H,7-10,12,14,16H2,1-6H3/t17-,18-,19-/m0/s1. The molecule has 0 bridgehead atoms. The maximum Gasteiger partial charge on any atom is 0.350 e. The van der Waals surface area contributed by atoms with Crippen molar-refractivity contribution in [3.8, 4) is 11.8 Å². The van der Waals surface area contributed by atoms with Gasteiger partial charge in [0.2, 0.25) is 15.9 Å². The molecule has 0 radical (unpaired) electrons. The van der Waals surface area contributed by atoms with Gasteiger partial charge in [-0.2, -0.15) is 0 Å². The van der Waals surface area contributed by atoms with E-state index in [2.05, 4.69) is 18.8 Å². The molecule has 9 heteroatoms. The van der Waals surface area contributed by atoms with Crippen LogP contribution in [-0.2, 0) is 19.6 Å². The molecule has 188 valence electrons. The van der Waals surface area contributed by atoms with Crippen LogP contribution in [0.4, 0.5) is 5.69 Å². The number of amides is 1. The first-order valence-electron chi connectivity index (χ1n) is 11.8. The van der Waals surface area contributed by atoms with Crippen LogP contribution in [0.5, 0.6) is 0 Å². The maximum atomic E-state index is 13.9. The second kappa shape index (κ2) is 10.4. The number of rotatable bonds is 5. The third-order valence-electron chi connectivity index (χ3n) is 6.47. The van der Waals surface area contributed by atoms with Crippen LogP contribution in [0.3, 0.4) is 0 Å². The topological polar surface area (TPSA) is 84.0 Å². The zero-order valence-corrected chi connectivity index (χ0v) is 22.6. The fourth-order valence-electron chi connectivity index (χ4n) is 4.53. The molecule has 0 N–H and O–H groups in total. The molecule has 1 aromatic rings. The first-order valence-corrected chi connectivity index (χ1v) is 14.5. The van der Waals surface area contributed by atoms with E-state index < -0.39 is 16.0 Å². The molecular formula is C25H36N2O5S2. The van der Waals surface area contributed by atoms with Crippen LogP contribution in [0.2, 0.25) is 0 Å². The Kier molecular flexibility index (Phi) is 8.16. The number of methoxy groups -OCH3 is 1. The number of hydrogen-bond acceptors (Lipinski definition) is 6. The minimum absolute atomic E-state index is 0.0365. The van der Waals surface area contributed by atoms with Crippen LogP contribution in [0.1, 0.15) is 74.3 Å². The van der Waals surface area contributed by atoms with Crippen molar-refractivity contribution in [3.05, 3.63) is 15.8 Å². The van der Waals surface area contributed by atoms with Gasteiger partial charge < -0.3 is 9.64 Å². The molecule has 1 aliphatic heterocycles.